The number of amides is 1. The van der Waals surface area contributed by atoms with Crippen LogP contribution in [-0.4, -0.2) is 47.1 Å². The van der Waals surface area contributed by atoms with Gasteiger partial charge in [-0.15, -0.1) is 11.3 Å². The normalized spacial score (nSPS) is 18.3. The molecule has 0 spiro atoms. The Hall–Kier alpha value is -2.51. The third-order valence-electron chi connectivity index (χ3n) is 6.37. The maximum atomic E-state index is 13.8. The zero-order chi connectivity index (χ0) is 22.2. The molecule has 1 aliphatic carbocycles. The lowest BCUT2D eigenvalue weighted by Crippen LogP contribution is -2.36. The summed E-state index contributed by atoms with van der Waals surface area (Å²) in [6.07, 6.45) is 4.45. The number of rotatable bonds is 7. The van der Waals surface area contributed by atoms with Gasteiger partial charge in [0.25, 0.3) is 5.91 Å². The van der Waals surface area contributed by atoms with E-state index >= 15 is 0 Å². The van der Waals surface area contributed by atoms with Gasteiger partial charge in [0.05, 0.1) is 23.8 Å². The molecule has 3 aromatic rings. The van der Waals surface area contributed by atoms with E-state index in [-0.39, 0.29) is 12.0 Å². The van der Waals surface area contributed by atoms with Crippen LogP contribution >= 0.6 is 11.3 Å². The zero-order valence-electron chi connectivity index (χ0n) is 18.9. The lowest BCUT2D eigenvalue weighted by molar-refractivity contribution is 0.0510. The van der Waals surface area contributed by atoms with E-state index in [2.05, 4.69) is 0 Å². The van der Waals surface area contributed by atoms with Gasteiger partial charge in [0.15, 0.2) is 0 Å². The Morgan fingerprint density at radius 3 is 2.81 bits per heavy atom. The minimum Gasteiger partial charge on any atom is -0.497 e. The quantitative estimate of drug-likeness (QED) is 0.505. The van der Waals surface area contributed by atoms with Crippen LogP contribution in [0.15, 0.2) is 24.3 Å². The van der Waals surface area contributed by atoms with Gasteiger partial charge in [-0.2, -0.15) is 0 Å². The highest BCUT2D eigenvalue weighted by Crippen LogP contribution is 2.40. The molecule has 0 bridgehead atoms. The number of fused-ring (bicyclic) bond motifs is 1. The van der Waals surface area contributed by atoms with Gasteiger partial charge >= 0.3 is 0 Å². The topological polar surface area (TPSA) is 64.6 Å². The fourth-order valence-electron chi connectivity index (χ4n) is 4.48. The molecular weight excluding hydrogens is 422 g/mol. The van der Waals surface area contributed by atoms with E-state index in [1.54, 1.807) is 7.11 Å². The smallest absolute Gasteiger partial charge is 0.264 e. The summed E-state index contributed by atoms with van der Waals surface area (Å²) >= 11 is 1.50. The molecule has 168 valence electrons. The number of carbonyl (C=O) groups excluding carboxylic acids is 1. The highest BCUT2D eigenvalue weighted by Gasteiger charge is 2.30. The van der Waals surface area contributed by atoms with Gasteiger partial charge in [-0.25, -0.2) is 9.97 Å². The molecule has 6 nitrogen and oxygen atoms in total. The van der Waals surface area contributed by atoms with Crippen LogP contribution in [0.25, 0.3) is 10.2 Å². The van der Waals surface area contributed by atoms with Crippen LogP contribution in [0, 0.1) is 13.8 Å². The second-order valence-electron chi connectivity index (χ2n) is 8.85. The summed E-state index contributed by atoms with van der Waals surface area (Å²) < 4.78 is 11.3. The van der Waals surface area contributed by atoms with Crippen molar-refractivity contribution in [1.82, 2.24) is 14.9 Å². The summed E-state index contributed by atoms with van der Waals surface area (Å²) in [5, 5.41) is 1.03. The molecule has 2 fully saturated rings. The molecule has 2 aromatic heterocycles. The molecule has 7 heteroatoms. The van der Waals surface area contributed by atoms with E-state index in [1.165, 1.54) is 11.3 Å². The van der Waals surface area contributed by atoms with Crippen molar-refractivity contribution in [1.29, 1.82) is 0 Å². The summed E-state index contributed by atoms with van der Waals surface area (Å²) in [5.41, 5.74) is 3.00. The molecule has 0 N–H and O–H groups in total. The Kier molecular flexibility index (Phi) is 5.86. The number of ether oxygens (including phenoxy) is 2. The van der Waals surface area contributed by atoms with Crippen LogP contribution in [0.1, 0.15) is 63.9 Å². The first-order valence-electron chi connectivity index (χ1n) is 11.3. The Bertz CT molecular complexity index is 1150. The van der Waals surface area contributed by atoms with Crippen molar-refractivity contribution in [2.24, 2.45) is 0 Å². The first-order valence-corrected chi connectivity index (χ1v) is 12.2. The van der Waals surface area contributed by atoms with E-state index in [1.807, 2.05) is 43.0 Å². The predicted octanol–water partition coefficient (Wildman–Crippen LogP) is 5.02. The number of aromatic nitrogens is 2. The second kappa shape index (κ2) is 8.79. The largest absolute Gasteiger partial charge is 0.497 e. The minimum absolute atomic E-state index is 0.0381. The van der Waals surface area contributed by atoms with E-state index < -0.39 is 0 Å². The molecular formula is C25H29N3O3S. The highest BCUT2D eigenvalue weighted by molar-refractivity contribution is 7.20. The van der Waals surface area contributed by atoms with E-state index in [9.17, 15) is 4.79 Å². The summed E-state index contributed by atoms with van der Waals surface area (Å²) in [6, 6.07) is 7.91. The number of nitrogens with zero attached hydrogens (tertiary/aromatic N) is 3. The van der Waals surface area contributed by atoms with Gasteiger partial charge in [0.2, 0.25) is 0 Å². The van der Waals surface area contributed by atoms with Crippen molar-refractivity contribution in [3.05, 3.63) is 51.8 Å². The van der Waals surface area contributed by atoms with Crippen molar-refractivity contribution in [2.75, 3.05) is 20.3 Å². The van der Waals surface area contributed by atoms with Crippen LogP contribution in [-0.2, 0) is 11.3 Å². The number of benzene rings is 1. The molecule has 0 radical (unpaired) electrons. The third-order valence-corrected chi connectivity index (χ3v) is 7.54. The second-order valence-corrected chi connectivity index (χ2v) is 9.85. The average molecular weight is 452 g/mol. The lowest BCUT2D eigenvalue weighted by atomic mass is 10.1. The lowest BCUT2D eigenvalue weighted by Gasteiger charge is -2.25. The minimum atomic E-state index is 0.0381. The van der Waals surface area contributed by atoms with Gasteiger partial charge in [-0.1, -0.05) is 12.1 Å². The van der Waals surface area contributed by atoms with E-state index in [0.29, 0.717) is 19.0 Å². The van der Waals surface area contributed by atoms with Crippen molar-refractivity contribution in [2.45, 2.75) is 58.1 Å². The number of hydrogen-bond acceptors (Lipinski definition) is 6. The fourth-order valence-corrected chi connectivity index (χ4v) is 5.68. The molecule has 5 rings (SSSR count). The van der Waals surface area contributed by atoms with Gasteiger partial charge in [0, 0.05) is 31.0 Å². The fraction of sp³-hybridized carbons (Fsp3) is 0.480. The number of hydrogen-bond donors (Lipinski definition) is 0. The molecule has 1 aliphatic heterocycles. The SMILES string of the molecule is COc1cccc(CN(CC2CCCO2)C(=O)c2sc3nc(C4CC4)nc(C)c3c2C)c1. The maximum Gasteiger partial charge on any atom is 0.264 e. The molecule has 1 atom stereocenters. The number of methoxy groups -OCH3 is 1. The first kappa shape index (κ1) is 21.3. The summed E-state index contributed by atoms with van der Waals surface area (Å²) in [7, 11) is 1.66. The van der Waals surface area contributed by atoms with E-state index in [4.69, 9.17) is 19.4 Å². The van der Waals surface area contributed by atoms with Crippen molar-refractivity contribution in [3.63, 3.8) is 0 Å². The Morgan fingerprint density at radius 1 is 1.25 bits per heavy atom. The van der Waals surface area contributed by atoms with Crippen LogP contribution in [0.5, 0.6) is 5.75 Å². The molecule has 1 saturated heterocycles. The Labute approximate surface area is 192 Å². The van der Waals surface area contributed by atoms with Gasteiger partial charge in [-0.3, -0.25) is 4.79 Å². The highest BCUT2D eigenvalue weighted by atomic mass is 32.1. The molecule has 1 amide bonds. The third kappa shape index (κ3) is 4.24. The molecule has 1 aromatic carbocycles. The molecule has 1 unspecified atom stereocenters. The van der Waals surface area contributed by atoms with Gasteiger partial charge in [-0.05, 0) is 62.8 Å². The van der Waals surface area contributed by atoms with Crippen LogP contribution in [0.3, 0.4) is 0 Å². The number of carbonyl (C=O) groups is 1. The van der Waals surface area contributed by atoms with Crippen molar-refractivity contribution in [3.8, 4) is 5.75 Å². The van der Waals surface area contributed by atoms with Crippen LogP contribution in [0.4, 0.5) is 0 Å². The molecule has 3 heterocycles. The predicted molar refractivity (Wildman–Crippen MR) is 126 cm³/mol. The van der Waals surface area contributed by atoms with Crippen molar-refractivity contribution < 1.29 is 14.3 Å². The summed E-state index contributed by atoms with van der Waals surface area (Å²) in [6.45, 7) is 5.93. The maximum absolute atomic E-state index is 13.8. The summed E-state index contributed by atoms with van der Waals surface area (Å²) in [4.78, 5) is 27.0. The monoisotopic (exact) mass is 451 g/mol. The number of aryl methyl sites for hydroxylation is 2. The van der Waals surface area contributed by atoms with Crippen LogP contribution in [0.2, 0.25) is 0 Å². The average Bonchev–Trinajstić information content (AvgIpc) is 3.42. The molecule has 2 aliphatic rings. The number of thiophene rings is 1. The van der Waals surface area contributed by atoms with Gasteiger partial charge in [0.1, 0.15) is 16.4 Å². The van der Waals surface area contributed by atoms with E-state index in [0.717, 1.165) is 75.8 Å². The standard InChI is InChI=1S/C25H29N3O3S/c1-15-21-16(2)26-23(18-9-10-18)27-24(21)32-22(15)25(29)28(14-20-8-5-11-31-20)13-17-6-4-7-19(12-17)30-3/h4,6-7,12,18,20H,5,8-11,13-14H2,1-3H3. The van der Waals surface area contributed by atoms with Crippen molar-refractivity contribution >= 4 is 27.5 Å². The van der Waals surface area contributed by atoms with Gasteiger partial charge < -0.3 is 14.4 Å². The zero-order valence-corrected chi connectivity index (χ0v) is 19.7. The molecule has 32 heavy (non-hydrogen) atoms. The Balaban J connectivity index is 1.48. The van der Waals surface area contributed by atoms with Crippen LogP contribution < -0.4 is 4.74 Å². The summed E-state index contributed by atoms with van der Waals surface area (Å²) in [5.74, 6) is 2.26. The molecule has 1 saturated carbocycles. The Morgan fingerprint density at radius 2 is 2.09 bits per heavy atom. The first-order chi connectivity index (χ1) is 15.5.